The standard InChI is InChI=1S/C25H27FN4O2S/c1-25(2,29-22(31)18-8-10-20(26)11-9-18)23(32)28-24-27-14-21(33-24)16-30-13-12-19(15-30)17-6-4-3-5-7-17/h3-11,14,19H,12-13,15-16H2,1-2H3,(H,29,31)(H,27,28,32). The van der Waals surface area contributed by atoms with E-state index in [4.69, 9.17) is 0 Å². The maximum absolute atomic E-state index is 13.1. The van der Waals surface area contributed by atoms with E-state index in [1.54, 1.807) is 20.0 Å². The van der Waals surface area contributed by atoms with Gasteiger partial charge in [-0.2, -0.15) is 0 Å². The third kappa shape index (κ3) is 5.83. The Balaban J connectivity index is 1.30. The Kier molecular flexibility index (Phi) is 6.85. The van der Waals surface area contributed by atoms with Crippen molar-refractivity contribution < 1.29 is 14.0 Å². The monoisotopic (exact) mass is 466 g/mol. The fraction of sp³-hybridized carbons (Fsp3) is 0.320. The second-order valence-corrected chi connectivity index (χ2v) is 9.92. The molecule has 0 spiro atoms. The van der Waals surface area contributed by atoms with E-state index < -0.39 is 17.3 Å². The highest BCUT2D eigenvalue weighted by molar-refractivity contribution is 7.15. The number of aromatic nitrogens is 1. The average molecular weight is 467 g/mol. The molecule has 0 aliphatic carbocycles. The van der Waals surface area contributed by atoms with Crippen LogP contribution in [-0.2, 0) is 11.3 Å². The second-order valence-electron chi connectivity index (χ2n) is 8.80. The Morgan fingerprint density at radius 1 is 1.15 bits per heavy atom. The zero-order valence-electron chi connectivity index (χ0n) is 18.7. The molecule has 1 fully saturated rings. The fourth-order valence-electron chi connectivity index (χ4n) is 3.90. The van der Waals surface area contributed by atoms with Crippen molar-refractivity contribution in [3.63, 3.8) is 0 Å². The molecule has 2 N–H and O–H groups in total. The number of nitrogens with one attached hydrogen (secondary N) is 2. The minimum absolute atomic E-state index is 0.285. The van der Waals surface area contributed by atoms with E-state index >= 15 is 0 Å². The lowest BCUT2D eigenvalue weighted by molar-refractivity contribution is -0.120. The maximum atomic E-state index is 13.1. The van der Waals surface area contributed by atoms with Gasteiger partial charge < -0.3 is 5.32 Å². The lowest BCUT2D eigenvalue weighted by Gasteiger charge is -2.24. The van der Waals surface area contributed by atoms with E-state index in [2.05, 4.69) is 44.8 Å². The molecule has 4 rings (SSSR count). The molecule has 1 saturated heterocycles. The van der Waals surface area contributed by atoms with E-state index in [0.29, 0.717) is 11.0 Å². The first-order valence-corrected chi connectivity index (χ1v) is 11.7. The number of nitrogens with zero attached hydrogens (tertiary/aromatic N) is 2. The zero-order valence-corrected chi connectivity index (χ0v) is 19.5. The predicted octanol–water partition coefficient (Wildman–Crippen LogP) is 4.42. The Morgan fingerprint density at radius 2 is 1.88 bits per heavy atom. The smallest absolute Gasteiger partial charge is 0.252 e. The van der Waals surface area contributed by atoms with Gasteiger partial charge >= 0.3 is 0 Å². The highest BCUT2D eigenvalue weighted by Gasteiger charge is 2.31. The van der Waals surface area contributed by atoms with Gasteiger partial charge in [0.25, 0.3) is 11.8 Å². The fourth-order valence-corrected chi connectivity index (χ4v) is 4.75. The van der Waals surface area contributed by atoms with Crippen LogP contribution in [0.1, 0.15) is 47.0 Å². The van der Waals surface area contributed by atoms with Gasteiger partial charge in [0, 0.05) is 29.7 Å². The SMILES string of the molecule is CC(C)(NC(=O)c1ccc(F)cc1)C(=O)Nc1ncc(CN2CCC(c3ccccc3)C2)s1. The van der Waals surface area contributed by atoms with Crippen molar-refractivity contribution in [2.45, 2.75) is 38.3 Å². The molecule has 1 aliphatic rings. The van der Waals surface area contributed by atoms with E-state index in [-0.39, 0.29) is 11.5 Å². The largest absolute Gasteiger partial charge is 0.338 e. The third-order valence-electron chi connectivity index (χ3n) is 5.80. The second kappa shape index (κ2) is 9.80. The molecule has 2 heterocycles. The van der Waals surface area contributed by atoms with Crippen LogP contribution in [0.3, 0.4) is 0 Å². The molecule has 2 aromatic carbocycles. The van der Waals surface area contributed by atoms with Gasteiger partial charge in [0.1, 0.15) is 11.4 Å². The first-order valence-electron chi connectivity index (χ1n) is 10.9. The van der Waals surface area contributed by atoms with Gasteiger partial charge in [-0.3, -0.25) is 19.8 Å². The molecule has 3 aromatic rings. The molecule has 0 saturated carbocycles. The summed E-state index contributed by atoms with van der Waals surface area (Å²) in [6.45, 7) is 6.06. The molecule has 33 heavy (non-hydrogen) atoms. The Labute approximate surface area is 196 Å². The minimum Gasteiger partial charge on any atom is -0.338 e. The van der Waals surface area contributed by atoms with Crippen molar-refractivity contribution in [1.82, 2.24) is 15.2 Å². The molecule has 2 amide bonds. The average Bonchev–Trinajstić information content (AvgIpc) is 3.44. The number of rotatable bonds is 7. The Morgan fingerprint density at radius 3 is 2.61 bits per heavy atom. The van der Waals surface area contributed by atoms with Crippen molar-refractivity contribution in [1.29, 1.82) is 0 Å². The van der Waals surface area contributed by atoms with Gasteiger partial charge in [0.15, 0.2) is 5.13 Å². The number of hydrogen-bond acceptors (Lipinski definition) is 5. The molecule has 1 aliphatic heterocycles. The highest BCUT2D eigenvalue weighted by atomic mass is 32.1. The summed E-state index contributed by atoms with van der Waals surface area (Å²) >= 11 is 1.44. The van der Waals surface area contributed by atoms with E-state index in [1.807, 2.05) is 6.07 Å². The summed E-state index contributed by atoms with van der Waals surface area (Å²) in [6.07, 6.45) is 2.93. The van der Waals surface area contributed by atoms with Crippen LogP contribution in [0.25, 0.3) is 0 Å². The lowest BCUT2D eigenvalue weighted by atomic mass is 9.99. The third-order valence-corrected chi connectivity index (χ3v) is 6.69. The molecule has 0 bridgehead atoms. The van der Waals surface area contributed by atoms with Crippen LogP contribution in [0.15, 0.2) is 60.8 Å². The van der Waals surface area contributed by atoms with Crippen molar-refractivity contribution in [2.24, 2.45) is 0 Å². The van der Waals surface area contributed by atoms with Gasteiger partial charge in [-0.25, -0.2) is 9.37 Å². The van der Waals surface area contributed by atoms with Crippen LogP contribution in [-0.4, -0.2) is 40.3 Å². The van der Waals surface area contributed by atoms with E-state index in [1.165, 1.54) is 41.2 Å². The number of anilines is 1. The van der Waals surface area contributed by atoms with Crippen LogP contribution in [0.2, 0.25) is 0 Å². The summed E-state index contributed by atoms with van der Waals surface area (Å²) in [4.78, 5) is 33.0. The van der Waals surface area contributed by atoms with E-state index in [0.717, 1.165) is 30.9 Å². The number of hydrogen-bond donors (Lipinski definition) is 2. The number of carbonyl (C=O) groups is 2. The molecular formula is C25H27FN4O2S. The Hall–Kier alpha value is -3.10. The maximum Gasteiger partial charge on any atom is 0.252 e. The van der Waals surface area contributed by atoms with Crippen LogP contribution >= 0.6 is 11.3 Å². The number of benzene rings is 2. The first-order chi connectivity index (χ1) is 15.8. The molecule has 0 radical (unpaired) electrons. The topological polar surface area (TPSA) is 74.3 Å². The first kappa shape index (κ1) is 23.1. The molecule has 6 nitrogen and oxygen atoms in total. The number of halogens is 1. The molecule has 172 valence electrons. The summed E-state index contributed by atoms with van der Waals surface area (Å²) in [5.41, 5.74) is 0.491. The van der Waals surface area contributed by atoms with Gasteiger partial charge in [-0.05, 0) is 62.6 Å². The number of carbonyl (C=O) groups excluding carboxylic acids is 2. The summed E-state index contributed by atoms with van der Waals surface area (Å²) in [5.74, 6) is -0.697. The normalized spacial score (nSPS) is 16.5. The van der Waals surface area contributed by atoms with Crippen molar-refractivity contribution in [2.75, 3.05) is 18.4 Å². The summed E-state index contributed by atoms with van der Waals surface area (Å²) in [5, 5.41) is 5.99. The van der Waals surface area contributed by atoms with Gasteiger partial charge in [0.05, 0.1) is 0 Å². The van der Waals surface area contributed by atoms with Crippen molar-refractivity contribution in [3.8, 4) is 0 Å². The number of thiazole rings is 1. The summed E-state index contributed by atoms with van der Waals surface area (Å²) in [6, 6.07) is 15.8. The quantitative estimate of drug-likeness (QED) is 0.541. The van der Waals surface area contributed by atoms with Crippen molar-refractivity contribution >= 4 is 28.3 Å². The van der Waals surface area contributed by atoms with Crippen molar-refractivity contribution in [3.05, 3.63) is 82.6 Å². The Bertz CT molecular complexity index is 1110. The lowest BCUT2D eigenvalue weighted by Crippen LogP contribution is -2.52. The van der Waals surface area contributed by atoms with Crippen LogP contribution < -0.4 is 10.6 Å². The molecule has 1 atom stereocenters. The number of amides is 2. The molecular weight excluding hydrogens is 439 g/mol. The molecule has 1 aromatic heterocycles. The van der Waals surface area contributed by atoms with Crippen LogP contribution in [0.4, 0.5) is 9.52 Å². The van der Waals surface area contributed by atoms with E-state index in [9.17, 15) is 14.0 Å². The molecule has 1 unspecified atom stereocenters. The number of likely N-dealkylation sites (tertiary alicyclic amines) is 1. The van der Waals surface area contributed by atoms with Crippen LogP contribution in [0.5, 0.6) is 0 Å². The minimum atomic E-state index is -1.17. The van der Waals surface area contributed by atoms with Crippen LogP contribution in [0, 0.1) is 5.82 Å². The van der Waals surface area contributed by atoms with Gasteiger partial charge in [-0.1, -0.05) is 30.3 Å². The van der Waals surface area contributed by atoms with Gasteiger partial charge in [-0.15, -0.1) is 11.3 Å². The zero-order chi connectivity index (χ0) is 23.4. The summed E-state index contributed by atoms with van der Waals surface area (Å²) in [7, 11) is 0. The highest BCUT2D eigenvalue weighted by Crippen LogP contribution is 2.29. The summed E-state index contributed by atoms with van der Waals surface area (Å²) < 4.78 is 13.1. The van der Waals surface area contributed by atoms with Gasteiger partial charge in [0.2, 0.25) is 0 Å². The molecule has 8 heteroatoms. The predicted molar refractivity (Wildman–Crippen MR) is 128 cm³/mol.